The van der Waals surface area contributed by atoms with Crippen molar-refractivity contribution in [1.29, 1.82) is 5.26 Å². The third-order valence-corrected chi connectivity index (χ3v) is 7.25. The molecule has 0 atom stereocenters. The number of H-pyrrole nitrogens is 2. The van der Waals surface area contributed by atoms with Crippen molar-refractivity contribution >= 4 is 49.9 Å². The molecule has 4 aromatic rings. The first-order valence-corrected chi connectivity index (χ1v) is 11.4. The minimum atomic E-state index is -0.136. The Kier molecular flexibility index (Phi) is 4.81. The molecule has 150 valence electrons. The molecule has 3 heterocycles. The van der Waals surface area contributed by atoms with E-state index in [1.807, 2.05) is 30.3 Å². The average molecular weight is 436 g/mol. The second-order valence-corrected chi connectivity index (χ2v) is 9.13. The number of hydrogen-bond donors (Lipinski definition) is 3. The van der Waals surface area contributed by atoms with Crippen molar-refractivity contribution in [3.05, 3.63) is 56.6 Å². The summed E-state index contributed by atoms with van der Waals surface area (Å²) in [7, 11) is 0. The largest absolute Gasteiger partial charge is 0.510 e. The van der Waals surface area contributed by atoms with Crippen LogP contribution in [0.2, 0.25) is 0 Å². The first kappa shape index (κ1) is 18.9. The van der Waals surface area contributed by atoms with Gasteiger partial charge in [0.1, 0.15) is 22.2 Å². The lowest BCUT2D eigenvalue weighted by atomic mass is 9.97. The van der Waals surface area contributed by atoms with Crippen molar-refractivity contribution in [2.45, 2.75) is 30.8 Å². The van der Waals surface area contributed by atoms with Crippen LogP contribution in [0.4, 0.5) is 0 Å². The molecule has 0 saturated heterocycles. The SMILES string of the molecule is N#CC(=C(O)CSc1nc2sc3c(c2c(=O)[nH]1)CCCC3)c1nc2ccccc2[nH]1. The van der Waals surface area contributed by atoms with Gasteiger partial charge in [0, 0.05) is 4.88 Å². The van der Waals surface area contributed by atoms with E-state index in [2.05, 4.69) is 19.9 Å². The van der Waals surface area contributed by atoms with Gasteiger partial charge in [0.15, 0.2) is 11.0 Å². The van der Waals surface area contributed by atoms with Crippen molar-refractivity contribution in [2.75, 3.05) is 5.75 Å². The van der Waals surface area contributed by atoms with Crippen molar-refractivity contribution < 1.29 is 5.11 Å². The first-order chi connectivity index (χ1) is 14.6. The number of aromatic amines is 2. The number of rotatable bonds is 4. The molecule has 1 aliphatic rings. The zero-order chi connectivity index (χ0) is 20.7. The van der Waals surface area contributed by atoms with Crippen LogP contribution in [0.5, 0.6) is 0 Å². The molecule has 0 spiro atoms. The minimum absolute atomic E-state index is 0.0775. The molecule has 0 bridgehead atoms. The molecule has 0 unspecified atom stereocenters. The number of para-hydroxylation sites is 2. The van der Waals surface area contributed by atoms with Crippen LogP contribution in [0.15, 0.2) is 40.0 Å². The molecule has 1 aliphatic carbocycles. The van der Waals surface area contributed by atoms with Gasteiger partial charge in [-0.1, -0.05) is 23.9 Å². The first-order valence-electron chi connectivity index (χ1n) is 9.58. The maximum Gasteiger partial charge on any atom is 0.260 e. The molecule has 3 aromatic heterocycles. The lowest BCUT2D eigenvalue weighted by Crippen LogP contribution is -2.11. The predicted molar refractivity (Wildman–Crippen MR) is 119 cm³/mol. The van der Waals surface area contributed by atoms with Gasteiger partial charge in [-0.05, 0) is 43.4 Å². The molecular formula is C21H17N5O2S2. The highest BCUT2D eigenvalue weighted by molar-refractivity contribution is 7.99. The summed E-state index contributed by atoms with van der Waals surface area (Å²) in [4.78, 5) is 29.5. The van der Waals surface area contributed by atoms with E-state index in [4.69, 9.17) is 0 Å². The number of benzene rings is 1. The summed E-state index contributed by atoms with van der Waals surface area (Å²) < 4.78 is 0. The molecule has 9 heteroatoms. The number of nitrogens with one attached hydrogen (secondary N) is 2. The van der Waals surface area contributed by atoms with Crippen LogP contribution < -0.4 is 5.56 Å². The van der Waals surface area contributed by atoms with Crippen LogP contribution in [-0.4, -0.2) is 30.8 Å². The number of allylic oxidation sites excluding steroid dienone is 1. The number of aliphatic hydroxyl groups excluding tert-OH is 1. The number of thioether (sulfide) groups is 1. The monoisotopic (exact) mass is 435 g/mol. The van der Waals surface area contributed by atoms with Crippen molar-refractivity contribution in [2.24, 2.45) is 0 Å². The Labute approximate surface area is 179 Å². The smallest absolute Gasteiger partial charge is 0.260 e. The standard InChI is InChI=1S/C21H17N5O2S2/c22-9-12(18-23-13-6-2-3-7-14(13)24-18)15(27)10-29-21-25-19(28)17-11-5-1-4-8-16(11)30-20(17)26-21/h2-3,6-7,27H,1,4-5,8,10H2,(H,23,24)(H,25,26,28). The van der Waals surface area contributed by atoms with Crippen molar-refractivity contribution in [1.82, 2.24) is 19.9 Å². The van der Waals surface area contributed by atoms with E-state index in [-0.39, 0.29) is 22.6 Å². The number of imidazole rings is 1. The molecule has 30 heavy (non-hydrogen) atoms. The molecule has 3 N–H and O–H groups in total. The van der Waals surface area contributed by atoms with E-state index in [9.17, 15) is 15.2 Å². The Hall–Kier alpha value is -3.09. The van der Waals surface area contributed by atoms with Gasteiger partial charge in [-0.2, -0.15) is 5.26 Å². The van der Waals surface area contributed by atoms with Gasteiger partial charge in [0.05, 0.1) is 22.2 Å². The lowest BCUT2D eigenvalue weighted by Gasteiger charge is -2.09. The van der Waals surface area contributed by atoms with Gasteiger partial charge < -0.3 is 15.1 Å². The highest BCUT2D eigenvalue weighted by atomic mass is 32.2. The second-order valence-electron chi connectivity index (χ2n) is 7.09. The Bertz CT molecular complexity index is 1370. The molecular weight excluding hydrogens is 418 g/mol. The zero-order valence-corrected chi connectivity index (χ0v) is 17.5. The van der Waals surface area contributed by atoms with E-state index in [1.165, 1.54) is 16.6 Å². The predicted octanol–water partition coefficient (Wildman–Crippen LogP) is 4.32. The maximum absolute atomic E-state index is 12.6. The van der Waals surface area contributed by atoms with Gasteiger partial charge >= 0.3 is 0 Å². The van der Waals surface area contributed by atoms with Crippen LogP contribution in [-0.2, 0) is 12.8 Å². The van der Waals surface area contributed by atoms with E-state index in [0.717, 1.165) is 47.1 Å². The van der Waals surface area contributed by atoms with Crippen LogP contribution >= 0.6 is 23.1 Å². The van der Waals surface area contributed by atoms with Crippen LogP contribution in [0.25, 0.3) is 26.8 Å². The topological polar surface area (TPSA) is 118 Å². The van der Waals surface area contributed by atoms with Crippen molar-refractivity contribution in [3.8, 4) is 6.07 Å². The van der Waals surface area contributed by atoms with Crippen molar-refractivity contribution in [3.63, 3.8) is 0 Å². The summed E-state index contributed by atoms with van der Waals surface area (Å²) >= 11 is 2.77. The fourth-order valence-corrected chi connectivity index (χ4v) is 5.81. The second kappa shape index (κ2) is 7.63. The molecule has 0 amide bonds. The third-order valence-electron chi connectivity index (χ3n) is 5.18. The van der Waals surface area contributed by atoms with E-state index < -0.39 is 0 Å². The Morgan fingerprint density at radius 3 is 2.90 bits per heavy atom. The summed E-state index contributed by atoms with van der Waals surface area (Å²) in [5.41, 5.74) is 2.60. The zero-order valence-electron chi connectivity index (χ0n) is 15.9. The van der Waals surface area contributed by atoms with Crippen LogP contribution in [0.1, 0.15) is 29.1 Å². The summed E-state index contributed by atoms with van der Waals surface area (Å²) in [6.07, 6.45) is 4.19. The molecule has 0 fully saturated rings. The van der Waals surface area contributed by atoms with Crippen LogP contribution in [0.3, 0.4) is 0 Å². The normalized spacial score (nSPS) is 14.5. The summed E-state index contributed by atoms with van der Waals surface area (Å²) in [6.45, 7) is 0. The highest BCUT2D eigenvalue weighted by Crippen LogP contribution is 2.34. The molecule has 1 aromatic carbocycles. The van der Waals surface area contributed by atoms with Gasteiger partial charge in [0.25, 0.3) is 5.56 Å². The minimum Gasteiger partial charge on any atom is -0.510 e. The number of nitriles is 1. The van der Waals surface area contributed by atoms with Gasteiger partial charge in [0.2, 0.25) is 0 Å². The average Bonchev–Trinajstić information content (AvgIpc) is 3.34. The van der Waals surface area contributed by atoms with E-state index in [1.54, 1.807) is 11.3 Å². The highest BCUT2D eigenvalue weighted by Gasteiger charge is 2.20. The number of aromatic nitrogens is 4. The molecule has 7 nitrogen and oxygen atoms in total. The molecule has 5 rings (SSSR count). The number of nitrogens with zero attached hydrogens (tertiary/aromatic N) is 3. The number of hydrogen-bond acceptors (Lipinski definition) is 7. The van der Waals surface area contributed by atoms with Crippen LogP contribution in [0, 0.1) is 11.3 Å². The fourth-order valence-electron chi connectivity index (χ4n) is 3.75. The number of aliphatic hydroxyl groups is 1. The number of fused-ring (bicyclic) bond motifs is 4. The quantitative estimate of drug-likeness (QED) is 0.190. The molecule has 0 aliphatic heterocycles. The van der Waals surface area contributed by atoms with Gasteiger partial charge in [-0.25, -0.2) is 9.97 Å². The molecule has 0 radical (unpaired) electrons. The third kappa shape index (κ3) is 3.28. The Morgan fingerprint density at radius 1 is 1.23 bits per heavy atom. The lowest BCUT2D eigenvalue weighted by molar-refractivity contribution is 0.420. The Morgan fingerprint density at radius 2 is 2.07 bits per heavy atom. The van der Waals surface area contributed by atoms with E-state index >= 15 is 0 Å². The summed E-state index contributed by atoms with van der Waals surface area (Å²) in [5, 5.41) is 21.2. The Balaban J connectivity index is 1.43. The van der Waals surface area contributed by atoms with Gasteiger partial charge in [-0.15, -0.1) is 11.3 Å². The summed E-state index contributed by atoms with van der Waals surface area (Å²) in [5.74, 6) is 0.300. The number of thiophene rings is 1. The maximum atomic E-state index is 12.6. The summed E-state index contributed by atoms with van der Waals surface area (Å²) in [6, 6.07) is 9.45. The van der Waals surface area contributed by atoms with E-state index in [0.29, 0.717) is 16.4 Å². The fraction of sp³-hybridized carbons (Fsp3) is 0.238. The van der Waals surface area contributed by atoms with Gasteiger partial charge in [-0.3, -0.25) is 4.79 Å². The molecule has 0 saturated carbocycles. The number of aryl methyl sites for hydroxylation is 2.